The third-order valence-electron chi connectivity index (χ3n) is 2.86. The maximum atomic E-state index is 12.3. The lowest BCUT2D eigenvalue weighted by atomic mass is 10.3. The van der Waals surface area contributed by atoms with Crippen molar-refractivity contribution in [2.24, 2.45) is 0 Å². The van der Waals surface area contributed by atoms with Gasteiger partial charge in [-0.25, -0.2) is 8.42 Å². The molecular weight excluding hydrogens is 292 g/mol. The Morgan fingerprint density at radius 2 is 1.67 bits per heavy atom. The maximum absolute atomic E-state index is 12.3. The summed E-state index contributed by atoms with van der Waals surface area (Å²) in [7, 11) is -0.738. The molecule has 0 atom stereocenters. The predicted octanol–water partition coefficient (Wildman–Crippen LogP) is 2.09. The summed E-state index contributed by atoms with van der Waals surface area (Å²) >= 11 is 0. The summed E-state index contributed by atoms with van der Waals surface area (Å²) in [6, 6.07) is 10.9. The summed E-state index contributed by atoms with van der Waals surface area (Å²) in [6.45, 7) is 0. The van der Waals surface area contributed by atoms with Gasteiger partial charge in [0.1, 0.15) is 11.5 Å². The van der Waals surface area contributed by atoms with Gasteiger partial charge in [-0.2, -0.15) is 0 Å². The first kappa shape index (κ1) is 15.0. The highest BCUT2D eigenvalue weighted by Crippen LogP contribution is 2.26. The van der Waals surface area contributed by atoms with Crippen LogP contribution in [0.5, 0.6) is 11.5 Å². The van der Waals surface area contributed by atoms with Gasteiger partial charge in [0.15, 0.2) is 0 Å². The Kier molecular flexibility index (Phi) is 4.23. The van der Waals surface area contributed by atoms with Crippen LogP contribution in [-0.4, -0.2) is 22.6 Å². The number of hydrogen-bond donors (Lipinski definition) is 2. The lowest BCUT2D eigenvalue weighted by molar-refractivity contribution is 0.415. The van der Waals surface area contributed by atoms with Crippen LogP contribution in [-0.2, 0) is 10.0 Å². The van der Waals surface area contributed by atoms with E-state index in [2.05, 4.69) is 4.72 Å². The van der Waals surface area contributed by atoms with Crippen LogP contribution in [0.2, 0.25) is 0 Å². The third-order valence-corrected chi connectivity index (χ3v) is 4.24. The number of sulfonamides is 1. The molecule has 0 spiro atoms. The van der Waals surface area contributed by atoms with E-state index < -0.39 is 10.0 Å². The predicted molar refractivity (Wildman–Crippen MR) is 81.2 cm³/mol. The van der Waals surface area contributed by atoms with Crippen molar-refractivity contribution in [2.75, 3.05) is 24.7 Å². The van der Waals surface area contributed by atoms with Crippen molar-refractivity contribution in [3.63, 3.8) is 0 Å². The molecule has 0 aliphatic carbocycles. The molecule has 0 aliphatic heterocycles. The number of hydrogen-bond acceptors (Lipinski definition) is 5. The minimum atomic E-state index is -3.71. The Hall–Kier alpha value is -2.41. The second kappa shape index (κ2) is 5.92. The highest BCUT2D eigenvalue weighted by molar-refractivity contribution is 7.92. The molecule has 21 heavy (non-hydrogen) atoms. The molecule has 112 valence electrons. The number of nitrogen functional groups attached to an aromatic ring is 1. The van der Waals surface area contributed by atoms with Gasteiger partial charge >= 0.3 is 0 Å². The summed E-state index contributed by atoms with van der Waals surface area (Å²) in [4.78, 5) is 0.0735. The first-order valence-corrected chi connectivity index (χ1v) is 7.55. The van der Waals surface area contributed by atoms with Crippen molar-refractivity contribution >= 4 is 21.4 Å². The van der Waals surface area contributed by atoms with E-state index in [-0.39, 0.29) is 4.90 Å². The van der Waals surface area contributed by atoms with Gasteiger partial charge in [-0.3, -0.25) is 4.72 Å². The average molecular weight is 308 g/mol. The first-order valence-electron chi connectivity index (χ1n) is 6.06. The quantitative estimate of drug-likeness (QED) is 0.825. The van der Waals surface area contributed by atoms with Crippen LogP contribution in [0.1, 0.15) is 0 Å². The number of rotatable bonds is 5. The van der Waals surface area contributed by atoms with Gasteiger partial charge in [0, 0.05) is 11.8 Å². The zero-order valence-corrected chi connectivity index (χ0v) is 12.5. The van der Waals surface area contributed by atoms with Gasteiger partial charge in [-0.1, -0.05) is 0 Å². The lowest BCUT2D eigenvalue weighted by Gasteiger charge is -2.11. The molecule has 2 aromatic rings. The fourth-order valence-corrected chi connectivity index (χ4v) is 2.81. The van der Waals surface area contributed by atoms with Gasteiger partial charge in [-0.05, 0) is 36.4 Å². The highest BCUT2D eigenvalue weighted by Gasteiger charge is 2.16. The molecule has 2 aromatic carbocycles. The second-order valence-corrected chi connectivity index (χ2v) is 5.92. The number of anilines is 2. The normalized spacial score (nSPS) is 11.0. The monoisotopic (exact) mass is 308 g/mol. The topological polar surface area (TPSA) is 90.7 Å². The van der Waals surface area contributed by atoms with Crippen LogP contribution in [0.3, 0.4) is 0 Å². The summed E-state index contributed by atoms with van der Waals surface area (Å²) < 4.78 is 37.1. The molecule has 0 heterocycles. The van der Waals surface area contributed by atoms with Crippen LogP contribution in [0.25, 0.3) is 0 Å². The van der Waals surface area contributed by atoms with E-state index in [9.17, 15) is 8.42 Å². The third kappa shape index (κ3) is 3.38. The Bertz CT molecular complexity index is 727. The number of methoxy groups -OCH3 is 2. The van der Waals surface area contributed by atoms with Crippen LogP contribution in [0.15, 0.2) is 47.4 Å². The van der Waals surface area contributed by atoms with Gasteiger partial charge in [0.2, 0.25) is 0 Å². The van der Waals surface area contributed by atoms with E-state index in [1.165, 1.54) is 25.3 Å². The van der Waals surface area contributed by atoms with E-state index in [4.69, 9.17) is 15.2 Å². The van der Waals surface area contributed by atoms with E-state index in [1.54, 1.807) is 31.4 Å². The molecule has 0 unspecified atom stereocenters. The van der Waals surface area contributed by atoms with E-state index in [0.717, 1.165) is 0 Å². The molecule has 2 rings (SSSR count). The lowest BCUT2D eigenvalue weighted by Crippen LogP contribution is -2.13. The fraction of sp³-hybridized carbons (Fsp3) is 0.143. The Morgan fingerprint density at radius 3 is 2.24 bits per heavy atom. The Balaban J connectivity index is 2.29. The molecule has 0 bridgehead atoms. The molecule has 3 N–H and O–H groups in total. The molecule has 0 amide bonds. The minimum Gasteiger partial charge on any atom is -0.497 e. The zero-order chi connectivity index (χ0) is 15.5. The van der Waals surface area contributed by atoms with Crippen LogP contribution < -0.4 is 19.9 Å². The SMILES string of the molecule is COc1ccc(NS(=O)(=O)c2ccc(N)c(OC)c2)cc1. The fourth-order valence-electron chi connectivity index (χ4n) is 1.73. The number of nitrogens with one attached hydrogen (secondary N) is 1. The van der Waals surface area contributed by atoms with Crippen LogP contribution >= 0.6 is 0 Å². The van der Waals surface area contributed by atoms with Crippen molar-refractivity contribution < 1.29 is 17.9 Å². The number of benzene rings is 2. The van der Waals surface area contributed by atoms with E-state index in [0.29, 0.717) is 22.9 Å². The van der Waals surface area contributed by atoms with Crippen molar-refractivity contribution in [1.82, 2.24) is 0 Å². The molecule has 6 nitrogen and oxygen atoms in total. The second-order valence-electron chi connectivity index (χ2n) is 4.24. The van der Waals surface area contributed by atoms with Gasteiger partial charge in [0.05, 0.1) is 24.8 Å². The standard InChI is InChI=1S/C14H16N2O4S/c1-19-11-5-3-10(4-6-11)16-21(17,18)12-7-8-13(15)14(9-12)20-2/h3-9,16H,15H2,1-2H3. The summed E-state index contributed by atoms with van der Waals surface area (Å²) in [5.74, 6) is 0.958. The molecule has 0 saturated carbocycles. The molecule has 0 aliphatic rings. The molecule has 0 aromatic heterocycles. The maximum Gasteiger partial charge on any atom is 0.262 e. The largest absolute Gasteiger partial charge is 0.497 e. The summed E-state index contributed by atoms with van der Waals surface area (Å²) in [5, 5.41) is 0. The number of nitrogens with two attached hydrogens (primary N) is 1. The van der Waals surface area contributed by atoms with Crippen LogP contribution in [0, 0.1) is 0 Å². The molecule has 7 heteroatoms. The highest BCUT2D eigenvalue weighted by atomic mass is 32.2. The minimum absolute atomic E-state index is 0.0735. The Labute approximate surface area is 123 Å². The molecule has 0 radical (unpaired) electrons. The Morgan fingerprint density at radius 1 is 1.00 bits per heavy atom. The van der Waals surface area contributed by atoms with Gasteiger partial charge < -0.3 is 15.2 Å². The summed E-state index contributed by atoms with van der Waals surface area (Å²) in [5.41, 5.74) is 6.49. The van der Waals surface area contributed by atoms with Crippen molar-refractivity contribution in [3.05, 3.63) is 42.5 Å². The molecule has 0 fully saturated rings. The van der Waals surface area contributed by atoms with Crippen molar-refractivity contribution in [2.45, 2.75) is 4.90 Å². The molecular formula is C14H16N2O4S. The number of ether oxygens (including phenoxy) is 2. The van der Waals surface area contributed by atoms with E-state index >= 15 is 0 Å². The zero-order valence-electron chi connectivity index (χ0n) is 11.7. The van der Waals surface area contributed by atoms with Crippen molar-refractivity contribution in [1.29, 1.82) is 0 Å². The van der Waals surface area contributed by atoms with Gasteiger partial charge in [0.25, 0.3) is 10.0 Å². The first-order chi connectivity index (χ1) is 9.96. The average Bonchev–Trinajstić information content (AvgIpc) is 2.48. The molecule has 0 saturated heterocycles. The van der Waals surface area contributed by atoms with Gasteiger partial charge in [-0.15, -0.1) is 0 Å². The smallest absolute Gasteiger partial charge is 0.262 e. The van der Waals surface area contributed by atoms with Crippen molar-refractivity contribution in [3.8, 4) is 11.5 Å². The summed E-state index contributed by atoms with van der Waals surface area (Å²) in [6.07, 6.45) is 0. The van der Waals surface area contributed by atoms with Crippen LogP contribution in [0.4, 0.5) is 11.4 Å². The van der Waals surface area contributed by atoms with E-state index in [1.807, 2.05) is 0 Å².